The summed E-state index contributed by atoms with van der Waals surface area (Å²) in [7, 11) is 1.67. The largest absolute Gasteiger partial charge is 0.497 e. The van der Waals surface area contributed by atoms with Crippen molar-refractivity contribution in [3.8, 4) is 11.5 Å². The van der Waals surface area contributed by atoms with E-state index in [1.165, 1.54) is 5.56 Å². The zero-order valence-corrected chi connectivity index (χ0v) is 13.0. The van der Waals surface area contributed by atoms with Gasteiger partial charge in [0.15, 0.2) is 0 Å². The van der Waals surface area contributed by atoms with Crippen molar-refractivity contribution in [2.24, 2.45) is 0 Å². The van der Waals surface area contributed by atoms with Gasteiger partial charge in [-0.05, 0) is 42.0 Å². The standard InChI is InChI=1S/C16H18BrNO2/c1-19-15-6-2-13(3-7-15)12-18-10-11-20-16-8-4-14(17)5-9-16/h2-9,18H,10-12H2,1H3. The summed E-state index contributed by atoms with van der Waals surface area (Å²) in [6.07, 6.45) is 0. The first-order valence-electron chi connectivity index (χ1n) is 6.50. The van der Waals surface area contributed by atoms with E-state index in [0.29, 0.717) is 6.61 Å². The van der Waals surface area contributed by atoms with Crippen molar-refractivity contribution in [2.75, 3.05) is 20.3 Å². The summed E-state index contributed by atoms with van der Waals surface area (Å²) in [5, 5.41) is 3.35. The Morgan fingerprint density at radius 2 is 1.60 bits per heavy atom. The summed E-state index contributed by atoms with van der Waals surface area (Å²) in [6, 6.07) is 15.9. The van der Waals surface area contributed by atoms with E-state index in [1.807, 2.05) is 36.4 Å². The molecular weight excluding hydrogens is 318 g/mol. The molecule has 0 aliphatic carbocycles. The van der Waals surface area contributed by atoms with Crippen LogP contribution in [0.2, 0.25) is 0 Å². The molecule has 0 unspecified atom stereocenters. The van der Waals surface area contributed by atoms with E-state index >= 15 is 0 Å². The maximum absolute atomic E-state index is 5.63. The number of methoxy groups -OCH3 is 1. The molecule has 2 rings (SSSR count). The molecule has 0 aromatic heterocycles. The molecule has 0 heterocycles. The molecule has 0 saturated carbocycles. The van der Waals surface area contributed by atoms with Crippen LogP contribution in [0.4, 0.5) is 0 Å². The molecule has 0 atom stereocenters. The topological polar surface area (TPSA) is 30.5 Å². The highest BCUT2D eigenvalue weighted by atomic mass is 79.9. The first-order chi connectivity index (χ1) is 9.78. The first-order valence-corrected chi connectivity index (χ1v) is 7.29. The Balaban J connectivity index is 1.64. The highest BCUT2D eigenvalue weighted by Gasteiger charge is 1.96. The third kappa shape index (κ3) is 4.87. The lowest BCUT2D eigenvalue weighted by Crippen LogP contribution is -2.20. The van der Waals surface area contributed by atoms with Gasteiger partial charge in [0.1, 0.15) is 18.1 Å². The van der Waals surface area contributed by atoms with Crippen molar-refractivity contribution in [2.45, 2.75) is 6.54 Å². The molecule has 20 heavy (non-hydrogen) atoms. The fourth-order valence-corrected chi connectivity index (χ4v) is 2.01. The van der Waals surface area contributed by atoms with Gasteiger partial charge in [0, 0.05) is 17.6 Å². The molecule has 0 saturated heterocycles. The fourth-order valence-electron chi connectivity index (χ4n) is 1.75. The lowest BCUT2D eigenvalue weighted by molar-refractivity contribution is 0.313. The molecule has 2 aromatic carbocycles. The predicted molar refractivity (Wildman–Crippen MR) is 84.3 cm³/mol. The SMILES string of the molecule is COc1ccc(CNCCOc2ccc(Br)cc2)cc1. The Bertz CT molecular complexity index is 511. The molecule has 0 aliphatic rings. The number of ether oxygens (including phenoxy) is 2. The molecule has 0 aliphatic heterocycles. The van der Waals surface area contributed by atoms with Crippen LogP contribution in [0, 0.1) is 0 Å². The summed E-state index contributed by atoms with van der Waals surface area (Å²) in [5.74, 6) is 1.77. The molecule has 1 N–H and O–H groups in total. The van der Waals surface area contributed by atoms with Crippen molar-refractivity contribution >= 4 is 15.9 Å². The van der Waals surface area contributed by atoms with Crippen molar-refractivity contribution in [3.63, 3.8) is 0 Å². The maximum atomic E-state index is 5.63. The zero-order valence-electron chi connectivity index (χ0n) is 11.4. The Kier molecular flexibility index (Phi) is 5.89. The average Bonchev–Trinajstić information content (AvgIpc) is 2.49. The maximum Gasteiger partial charge on any atom is 0.119 e. The van der Waals surface area contributed by atoms with Gasteiger partial charge in [0.05, 0.1) is 7.11 Å². The summed E-state index contributed by atoms with van der Waals surface area (Å²) >= 11 is 3.40. The summed E-state index contributed by atoms with van der Waals surface area (Å²) in [4.78, 5) is 0. The van der Waals surface area contributed by atoms with Crippen LogP contribution >= 0.6 is 15.9 Å². The van der Waals surface area contributed by atoms with E-state index in [1.54, 1.807) is 7.11 Å². The lowest BCUT2D eigenvalue weighted by atomic mass is 10.2. The Morgan fingerprint density at radius 3 is 2.25 bits per heavy atom. The van der Waals surface area contributed by atoms with Gasteiger partial charge in [-0.2, -0.15) is 0 Å². The number of halogens is 1. The summed E-state index contributed by atoms with van der Waals surface area (Å²) in [5.41, 5.74) is 1.23. The van der Waals surface area contributed by atoms with Gasteiger partial charge >= 0.3 is 0 Å². The second kappa shape index (κ2) is 7.92. The molecule has 0 amide bonds. The van der Waals surface area contributed by atoms with Gasteiger partial charge in [0.25, 0.3) is 0 Å². The normalized spacial score (nSPS) is 10.3. The van der Waals surface area contributed by atoms with Crippen LogP contribution in [0.5, 0.6) is 11.5 Å². The van der Waals surface area contributed by atoms with E-state index in [-0.39, 0.29) is 0 Å². The van der Waals surface area contributed by atoms with Gasteiger partial charge in [-0.25, -0.2) is 0 Å². The highest BCUT2D eigenvalue weighted by Crippen LogP contribution is 2.15. The van der Waals surface area contributed by atoms with Crippen molar-refractivity contribution in [1.29, 1.82) is 0 Å². The highest BCUT2D eigenvalue weighted by molar-refractivity contribution is 9.10. The molecule has 0 fully saturated rings. The number of hydrogen-bond donors (Lipinski definition) is 1. The molecule has 0 spiro atoms. The van der Waals surface area contributed by atoms with E-state index in [2.05, 4.69) is 33.4 Å². The van der Waals surface area contributed by atoms with Crippen LogP contribution in [0.1, 0.15) is 5.56 Å². The van der Waals surface area contributed by atoms with Crippen molar-refractivity contribution < 1.29 is 9.47 Å². The molecule has 4 heteroatoms. The molecule has 3 nitrogen and oxygen atoms in total. The van der Waals surface area contributed by atoms with Crippen molar-refractivity contribution in [1.82, 2.24) is 5.32 Å². The summed E-state index contributed by atoms with van der Waals surface area (Å²) < 4.78 is 11.8. The van der Waals surface area contributed by atoms with E-state index in [9.17, 15) is 0 Å². The van der Waals surface area contributed by atoms with E-state index in [0.717, 1.165) is 29.1 Å². The number of nitrogens with one attached hydrogen (secondary N) is 1. The third-order valence-electron chi connectivity index (χ3n) is 2.85. The van der Waals surface area contributed by atoms with E-state index < -0.39 is 0 Å². The van der Waals surface area contributed by atoms with Crippen LogP contribution in [-0.2, 0) is 6.54 Å². The second-order valence-electron chi connectivity index (χ2n) is 4.33. The van der Waals surface area contributed by atoms with Crippen LogP contribution in [-0.4, -0.2) is 20.3 Å². The van der Waals surface area contributed by atoms with Crippen molar-refractivity contribution in [3.05, 3.63) is 58.6 Å². The van der Waals surface area contributed by atoms with Gasteiger partial charge in [-0.3, -0.25) is 0 Å². The number of hydrogen-bond acceptors (Lipinski definition) is 3. The zero-order chi connectivity index (χ0) is 14.2. The minimum Gasteiger partial charge on any atom is -0.497 e. The first kappa shape index (κ1) is 14.9. The van der Waals surface area contributed by atoms with Gasteiger partial charge < -0.3 is 14.8 Å². The smallest absolute Gasteiger partial charge is 0.119 e. The number of benzene rings is 2. The molecule has 2 aromatic rings. The van der Waals surface area contributed by atoms with Gasteiger partial charge in [-0.1, -0.05) is 28.1 Å². The monoisotopic (exact) mass is 335 g/mol. The molecule has 106 valence electrons. The summed E-state index contributed by atoms with van der Waals surface area (Å²) in [6.45, 7) is 2.29. The average molecular weight is 336 g/mol. The second-order valence-corrected chi connectivity index (χ2v) is 5.24. The molecule has 0 radical (unpaired) electrons. The molecular formula is C16H18BrNO2. The third-order valence-corrected chi connectivity index (χ3v) is 3.38. The Hall–Kier alpha value is -1.52. The van der Waals surface area contributed by atoms with Crippen LogP contribution < -0.4 is 14.8 Å². The number of rotatable bonds is 7. The lowest BCUT2D eigenvalue weighted by Gasteiger charge is -2.08. The molecule has 0 bridgehead atoms. The Labute approximate surface area is 128 Å². The van der Waals surface area contributed by atoms with Crippen LogP contribution in [0.3, 0.4) is 0 Å². The van der Waals surface area contributed by atoms with E-state index in [4.69, 9.17) is 9.47 Å². The van der Waals surface area contributed by atoms with Crippen LogP contribution in [0.25, 0.3) is 0 Å². The van der Waals surface area contributed by atoms with Gasteiger partial charge in [-0.15, -0.1) is 0 Å². The van der Waals surface area contributed by atoms with Crippen LogP contribution in [0.15, 0.2) is 53.0 Å². The minimum atomic E-state index is 0.651. The minimum absolute atomic E-state index is 0.651. The van der Waals surface area contributed by atoms with Gasteiger partial charge in [0.2, 0.25) is 0 Å². The Morgan fingerprint density at radius 1 is 0.950 bits per heavy atom. The fraction of sp³-hybridized carbons (Fsp3) is 0.250. The predicted octanol–water partition coefficient (Wildman–Crippen LogP) is 3.63. The quantitative estimate of drug-likeness (QED) is 0.784.